The number of ether oxygens (including phenoxy) is 1. The lowest BCUT2D eigenvalue weighted by molar-refractivity contribution is -0.153. The number of rotatable bonds is 11. The summed E-state index contributed by atoms with van der Waals surface area (Å²) < 4.78 is 10.6. The standard InChI is InChI=1S/C25H21N7O11S3/c26-22-27-11(8-45-22)14(31-43-25(3-4-25)21(37)38)16(35)28-15-18(36)32-19(42-24(39)40)10(6-44-20(15)32)7-46-23-30-29-17(41-23)9-1-2-12(33)13(34)5-9/h1-2,5,8,15,20,33-34H,3-4,6-7H2,(H2,26,27)(H,28,35)(H,37,38)(H,39,40)/t15-,20+/m1/s1. The molecule has 46 heavy (non-hydrogen) atoms. The van der Waals surface area contributed by atoms with Crippen molar-refractivity contribution in [3.8, 4) is 23.0 Å². The van der Waals surface area contributed by atoms with E-state index in [0.29, 0.717) is 11.1 Å². The number of carbonyl (C=O) groups excluding carboxylic acids is 2. The largest absolute Gasteiger partial charge is 0.512 e. The maximum absolute atomic E-state index is 13.3. The molecule has 3 aliphatic rings. The van der Waals surface area contributed by atoms with Crippen molar-refractivity contribution in [1.82, 2.24) is 25.4 Å². The molecule has 3 aromatic rings. The highest BCUT2D eigenvalue weighted by Gasteiger charge is 2.56. The Bertz CT molecular complexity index is 1820. The first kappa shape index (κ1) is 31.0. The van der Waals surface area contributed by atoms with Crippen LogP contribution < -0.4 is 11.1 Å². The minimum Gasteiger partial charge on any atom is -0.504 e. The van der Waals surface area contributed by atoms with E-state index in [4.69, 9.17) is 19.7 Å². The Labute approximate surface area is 269 Å². The minimum atomic E-state index is -1.66. The smallest absolute Gasteiger partial charge is 0.504 e. The Balaban J connectivity index is 1.16. The number of nitrogens with one attached hydrogen (secondary N) is 1. The molecule has 0 unspecified atom stereocenters. The quantitative estimate of drug-likeness (QED) is 0.0416. The van der Waals surface area contributed by atoms with Gasteiger partial charge in [0.2, 0.25) is 17.4 Å². The zero-order valence-corrected chi connectivity index (χ0v) is 25.4. The summed E-state index contributed by atoms with van der Waals surface area (Å²) >= 11 is 3.30. The molecule has 0 spiro atoms. The number of β-lactam (4-membered cyclic amide) rings is 1. The van der Waals surface area contributed by atoms with E-state index in [2.05, 4.69) is 25.7 Å². The lowest BCUT2D eigenvalue weighted by Crippen LogP contribution is -2.70. The third-order valence-electron chi connectivity index (χ3n) is 6.85. The topological polar surface area (TPSA) is 273 Å². The monoisotopic (exact) mass is 691 g/mol. The van der Waals surface area contributed by atoms with Gasteiger partial charge in [0.1, 0.15) is 17.1 Å². The van der Waals surface area contributed by atoms with Gasteiger partial charge in [0.15, 0.2) is 22.3 Å². The number of anilines is 1. The third kappa shape index (κ3) is 5.98. The van der Waals surface area contributed by atoms with Gasteiger partial charge >= 0.3 is 12.1 Å². The van der Waals surface area contributed by atoms with Crippen molar-refractivity contribution in [3.05, 3.63) is 40.7 Å². The number of thiazole rings is 1. The third-order valence-corrected chi connectivity index (χ3v) is 9.77. The van der Waals surface area contributed by atoms with Gasteiger partial charge in [0.05, 0.1) is 0 Å². The number of carboxylic acid groups (broad SMARTS) is 2. The van der Waals surface area contributed by atoms with Crippen molar-refractivity contribution in [2.45, 2.75) is 35.1 Å². The minimum absolute atomic E-state index is 0.0154. The summed E-state index contributed by atoms with van der Waals surface area (Å²) in [6, 6.07) is 2.86. The van der Waals surface area contributed by atoms with Gasteiger partial charge in [-0.1, -0.05) is 16.9 Å². The molecule has 2 aliphatic heterocycles. The number of carbonyl (C=O) groups is 4. The summed E-state index contributed by atoms with van der Waals surface area (Å²) in [6.07, 6.45) is -1.26. The van der Waals surface area contributed by atoms with Crippen molar-refractivity contribution in [1.29, 1.82) is 0 Å². The molecule has 1 saturated heterocycles. The Kier molecular flexibility index (Phi) is 8.12. The van der Waals surface area contributed by atoms with Gasteiger partial charge in [-0.2, -0.15) is 0 Å². The van der Waals surface area contributed by atoms with Crippen LogP contribution in [0.3, 0.4) is 0 Å². The van der Waals surface area contributed by atoms with Crippen molar-refractivity contribution >= 4 is 69.6 Å². The number of phenols is 2. The Morgan fingerprint density at radius 1 is 1.22 bits per heavy atom. The van der Waals surface area contributed by atoms with Gasteiger partial charge in [-0.15, -0.1) is 33.3 Å². The Hall–Kier alpha value is -5.02. The number of aromatic hydroxyl groups is 2. The lowest BCUT2D eigenvalue weighted by atomic mass is 10.1. The summed E-state index contributed by atoms with van der Waals surface area (Å²) in [5.41, 5.74) is 4.56. The average Bonchev–Trinajstić information content (AvgIpc) is 3.45. The second-order valence-electron chi connectivity index (χ2n) is 9.90. The van der Waals surface area contributed by atoms with E-state index in [1.807, 2.05) is 0 Å². The van der Waals surface area contributed by atoms with E-state index in [0.717, 1.165) is 28.0 Å². The zero-order valence-electron chi connectivity index (χ0n) is 23.0. The molecule has 2 fully saturated rings. The molecule has 1 aliphatic carbocycles. The number of nitrogen functional groups attached to an aromatic ring is 1. The second-order valence-corrected chi connectivity index (χ2v) is 12.8. The van der Waals surface area contributed by atoms with E-state index < -0.39 is 41.0 Å². The summed E-state index contributed by atoms with van der Waals surface area (Å²) in [6.45, 7) is 0. The molecule has 0 radical (unpaired) electrons. The molecule has 2 amide bonds. The van der Waals surface area contributed by atoms with Crippen molar-refractivity contribution in [3.63, 3.8) is 0 Å². The molecule has 1 aromatic carbocycles. The van der Waals surface area contributed by atoms with E-state index in [1.165, 1.54) is 35.3 Å². The predicted molar refractivity (Wildman–Crippen MR) is 159 cm³/mol. The average molecular weight is 692 g/mol. The fraction of sp³-hybridized carbons (Fsp3) is 0.280. The molecule has 0 bridgehead atoms. The van der Waals surface area contributed by atoms with Crippen LogP contribution in [0.5, 0.6) is 11.5 Å². The highest BCUT2D eigenvalue weighted by atomic mass is 32.2. The second kappa shape index (κ2) is 12.1. The van der Waals surface area contributed by atoms with Crippen molar-refractivity contribution < 1.29 is 53.6 Å². The van der Waals surface area contributed by atoms with Gasteiger partial charge in [-0.3, -0.25) is 14.5 Å². The van der Waals surface area contributed by atoms with Crippen LogP contribution >= 0.6 is 34.9 Å². The number of aliphatic carboxylic acids is 1. The SMILES string of the molecule is Nc1nc(C(=NOC2(C(=O)O)CC2)C(=O)N[C@@H]2C(=O)N3C(OC(=O)O)=C(CSc4nnc(-c5ccc(O)c(O)c5)o4)CS[C@@H]23)cs1. The number of aromatic nitrogens is 3. The first-order valence-electron chi connectivity index (χ1n) is 13.0. The summed E-state index contributed by atoms with van der Waals surface area (Å²) in [7, 11) is 0. The maximum atomic E-state index is 13.3. The van der Waals surface area contributed by atoms with Crippen molar-refractivity contribution in [2.24, 2.45) is 5.16 Å². The van der Waals surface area contributed by atoms with Crippen LogP contribution in [0, 0.1) is 0 Å². The van der Waals surface area contributed by atoms with Gasteiger partial charge in [-0.05, 0) is 18.2 Å². The molecular weight excluding hydrogens is 671 g/mol. The first-order valence-corrected chi connectivity index (χ1v) is 15.9. The number of carboxylic acids is 1. The van der Waals surface area contributed by atoms with Gasteiger partial charge in [0.25, 0.3) is 17.0 Å². The lowest BCUT2D eigenvalue weighted by Gasteiger charge is -2.49. The number of fused-ring (bicyclic) bond motifs is 1. The number of benzene rings is 1. The van der Waals surface area contributed by atoms with Gasteiger partial charge in [0, 0.05) is 40.9 Å². The number of oxime groups is 1. The molecule has 240 valence electrons. The van der Waals surface area contributed by atoms with Gasteiger partial charge in [-0.25, -0.2) is 14.6 Å². The number of hydrogen-bond acceptors (Lipinski definition) is 17. The zero-order chi connectivity index (χ0) is 32.7. The van der Waals surface area contributed by atoms with Gasteiger partial charge < -0.3 is 45.5 Å². The highest BCUT2D eigenvalue weighted by Crippen LogP contribution is 2.43. The normalized spacial score (nSPS) is 20.0. The van der Waals surface area contributed by atoms with Crippen LogP contribution in [0.4, 0.5) is 9.93 Å². The van der Waals surface area contributed by atoms with E-state index in [1.54, 1.807) is 0 Å². The molecule has 7 N–H and O–H groups in total. The fourth-order valence-corrected chi connectivity index (χ4v) is 7.06. The maximum Gasteiger partial charge on any atom is 0.512 e. The van der Waals surface area contributed by atoms with E-state index in [9.17, 15) is 39.6 Å². The Morgan fingerprint density at radius 3 is 2.65 bits per heavy atom. The number of phenolic OH excluding ortho intramolecular Hbond substituents is 2. The van der Waals surface area contributed by atoms with Crippen LogP contribution in [-0.2, 0) is 24.0 Å². The number of nitrogens with zero attached hydrogens (tertiary/aromatic N) is 5. The number of nitrogens with two attached hydrogens (primary N) is 1. The summed E-state index contributed by atoms with van der Waals surface area (Å²) in [5.74, 6) is -3.34. The molecule has 6 rings (SSSR count). The van der Waals surface area contributed by atoms with E-state index >= 15 is 0 Å². The predicted octanol–water partition coefficient (Wildman–Crippen LogP) is 1.62. The fourth-order valence-electron chi connectivity index (χ4n) is 4.30. The van der Waals surface area contributed by atoms with Crippen LogP contribution in [0.1, 0.15) is 18.5 Å². The summed E-state index contributed by atoms with van der Waals surface area (Å²) in [5, 5.41) is 53.1. The molecule has 2 atom stereocenters. The van der Waals surface area contributed by atoms with E-state index in [-0.39, 0.29) is 69.4 Å². The van der Waals surface area contributed by atoms with Crippen LogP contribution in [-0.4, -0.2) is 98.7 Å². The number of thioether (sulfide) groups is 2. The molecular formula is C25H21N7O11S3. The molecule has 2 aromatic heterocycles. The Morgan fingerprint density at radius 2 is 2.00 bits per heavy atom. The molecule has 4 heterocycles. The first-order chi connectivity index (χ1) is 22.0. The number of amides is 2. The highest BCUT2D eigenvalue weighted by molar-refractivity contribution is 8.01. The summed E-state index contributed by atoms with van der Waals surface area (Å²) in [4.78, 5) is 59.9. The van der Waals surface area contributed by atoms with Crippen molar-refractivity contribution in [2.75, 3.05) is 17.2 Å². The van der Waals surface area contributed by atoms with Crippen LogP contribution in [0.25, 0.3) is 11.5 Å². The molecule has 18 nitrogen and oxygen atoms in total. The van der Waals surface area contributed by atoms with Crippen LogP contribution in [0.15, 0.2) is 49.8 Å². The number of hydrogen-bond donors (Lipinski definition) is 6. The van der Waals surface area contributed by atoms with Crippen LogP contribution in [0.2, 0.25) is 0 Å². The molecule has 1 saturated carbocycles. The molecule has 21 heteroatoms.